The van der Waals surface area contributed by atoms with E-state index in [-0.39, 0.29) is 40.4 Å². The fourth-order valence-electron chi connectivity index (χ4n) is 4.82. The van der Waals surface area contributed by atoms with Crippen LogP contribution in [0.3, 0.4) is 0 Å². The molecule has 1 aliphatic rings. The standard InChI is InChI=1S/C29H26FN3O6/c1-14-9-12-19(39-14)26(29(2,3)4)32-23-22(24(34)25(23)35)31-21-17(30)11-10-15-13-33(27(36)20(15)21)18-8-6-5-7-16(18)28(37)38/h5-12,26,31-32H,13H2,1-4H3,(H,37,38)/t26-/m0/s1. The highest BCUT2D eigenvalue weighted by Crippen LogP contribution is 2.40. The number of furan rings is 1. The number of nitrogens with one attached hydrogen (secondary N) is 2. The summed E-state index contributed by atoms with van der Waals surface area (Å²) in [6, 6.07) is 11.7. The zero-order valence-electron chi connectivity index (χ0n) is 21.7. The number of benzene rings is 2. The largest absolute Gasteiger partial charge is 0.478 e. The number of halogens is 1. The lowest BCUT2D eigenvalue weighted by molar-refractivity contribution is 0.0697. The second-order valence-corrected chi connectivity index (χ2v) is 10.6. The fraction of sp³-hybridized carbons (Fsp3) is 0.241. The quantitative estimate of drug-likeness (QED) is 0.280. The summed E-state index contributed by atoms with van der Waals surface area (Å²) in [5.74, 6) is -1.40. The molecule has 1 atom stereocenters. The summed E-state index contributed by atoms with van der Waals surface area (Å²) in [7, 11) is 0. The van der Waals surface area contributed by atoms with Gasteiger partial charge in [-0.2, -0.15) is 0 Å². The normalized spacial score (nSPS) is 14.0. The van der Waals surface area contributed by atoms with Gasteiger partial charge in [-0.15, -0.1) is 0 Å². The number of amides is 1. The number of aromatic carboxylic acids is 1. The second kappa shape index (κ2) is 9.23. The lowest BCUT2D eigenvalue weighted by Crippen LogP contribution is -2.39. The Kier molecular flexibility index (Phi) is 6.13. The predicted octanol–water partition coefficient (Wildman–Crippen LogP) is 5.12. The Bertz CT molecular complexity index is 1710. The number of carboxylic acid groups (broad SMARTS) is 1. The van der Waals surface area contributed by atoms with E-state index in [0.29, 0.717) is 17.1 Å². The molecule has 0 unspecified atom stereocenters. The maximum atomic E-state index is 15.2. The maximum Gasteiger partial charge on any atom is 0.337 e. The number of carboxylic acids is 1. The van der Waals surface area contributed by atoms with Crippen molar-refractivity contribution in [1.82, 2.24) is 0 Å². The van der Waals surface area contributed by atoms with Gasteiger partial charge in [-0.25, -0.2) is 9.18 Å². The zero-order valence-corrected chi connectivity index (χ0v) is 21.7. The van der Waals surface area contributed by atoms with Crippen LogP contribution in [0.1, 0.15) is 64.6 Å². The van der Waals surface area contributed by atoms with Gasteiger partial charge in [-0.1, -0.05) is 39.0 Å². The Labute approximate surface area is 222 Å². The first kappa shape index (κ1) is 25.9. The highest BCUT2D eigenvalue weighted by molar-refractivity contribution is 6.15. The lowest BCUT2D eigenvalue weighted by atomic mass is 9.85. The number of rotatable bonds is 7. The molecular weight excluding hydrogens is 505 g/mol. The van der Waals surface area contributed by atoms with Crippen molar-refractivity contribution in [2.75, 3.05) is 15.5 Å². The molecule has 0 bridgehead atoms. The van der Waals surface area contributed by atoms with Crippen molar-refractivity contribution >= 4 is 34.6 Å². The molecule has 0 fully saturated rings. The number of para-hydroxylation sites is 1. The first-order valence-corrected chi connectivity index (χ1v) is 12.3. The Morgan fingerprint density at radius 2 is 1.69 bits per heavy atom. The summed E-state index contributed by atoms with van der Waals surface area (Å²) < 4.78 is 20.9. The van der Waals surface area contributed by atoms with E-state index >= 15 is 4.39 Å². The monoisotopic (exact) mass is 531 g/mol. The first-order chi connectivity index (χ1) is 18.4. The van der Waals surface area contributed by atoms with Gasteiger partial charge in [0.15, 0.2) is 0 Å². The summed E-state index contributed by atoms with van der Waals surface area (Å²) in [5, 5.41) is 15.4. The minimum Gasteiger partial charge on any atom is -0.478 e. The number of hydrogen-bond donors (Lipinski definition) is 3. The molecule has 0 radical (unpaired) electrons. The third kappa shape index (κ3) is 4.37. The van der Waals surface area contributed by atoms with Crippen molar-refractivity contribution in [3.05, 3.63) is 103 Å². The Morgan fingerprint density at radius 3 is 2.33 bits per heavy atom. The number of carbonyl (C=O) groups excluding carboxylic acids is 1. The summed E-state index contributed by atoms with van der Waals surface area (Å²) in [6.07, 6.45) is 0. The number of nitrogens with zero attached hydrogens (tertiary/aromatic N) is 1. The predicted molar refractivity (Wildman–Crippen MR) is 144 cm³/mol. The minimum atomic E-state index is -1.21. The Morgan fingerprint density at radius 1 is 1.00 bits per heavy atom. The number of aryl methyl sites for hydroxylation is 1. The molecule has 200 valence electrons. The third-order valence-electron chi connectivity index (χ3n) is 6.81. The molecule has 2 heterocycles. The van der Waals surface area contributed by atoms with E-state index < -0.39 is 40.0 Å². The van der Waals surface area contributed by atoms with Gasteiger partial charge in [-0.3, -0.25) is 14.4 Å². The second-order valence-electron chi connectivity index (χ2n) is 10.6. The van der Waals surface area contributed by atoms with Crippen LogP contribution in [0.2, 0.25) is 0 Å². The van der Waals surface area contributed by atoms with Crippen LogP contribution in [0, 0.1) is 18.2 Å². The van der Waals surface area contributed by atoms with Gasteiger partial charge in [0.2, 0.25) is 0 Å². The third-order valence-corrected chi connectivity index (χ3v) is 6.81. The van der Waals surface area contributed by atoms with Crippen LogP contribution < -0.4 is 26.4 Å². The van der Waals surface area contributed by atoms with E-state index in [1.807, 2.05) is 20.8 Å². The molecule has 3 N–H and O–H groups in total. The van der Waals surface area contributed by atoms with Gasteiger partial charge >= 0.3 is 5.97 Å². The van der Waals surface area contributed by atoms with Crippen molar-refractivity contribution in [3.8, 4) is 0 Å². The van der Waals surface area contributed by atoms with Gasteiger partial charge in [0.05, 0.1) is 35.1 Å². The molecular formula is C29H26FN3O6. The van der Waals surface area contributed by atoms with E-state index in [1.54, 1.807) is 31.2 Å². The molecule has 3 aromatic carbocycles. The smallest absolute Gasteiger partial charge is 0.337 e. The molecule has 0 saturated heterocycles. The van der Waals surface area contributed by atoms with Crippen molar-refractivity contribution in [3.63, 3.8) is 0 Å². The summed E-state index contributed by atoms with van der Waals surface area (Å²) in [6.45, 7) is 7.61. The Balaban J connectivity index is 1.52. The first-order valence-electron chi connectivity index (χ1n) is 12.3. The molecule has 4 aromatic rings. The molecule has 1 aromatic heterocycles. The fourth-order valence-corrected chi connectivity index (χ4v) is 4.82. The van der Waals surface area contributed by atoms with Gasteiger partial charge in [0, 0.05) is 0 Å². The highest BCUT2D eigenvalue weighted by atomic mass is 19.1. The van der Waals surface area contributed by atoms with Crippen LogP contribution in [0.5, 0.6) is 0 Å². The van der Waals surface area contributed by atoms with Crippen molar-refractivity contribution in [2.24, 2.45) is 5.41 Å². The average Bonchev–Trinajstić information content (AvgIpc) is 3.46. The number of fused-ring (bicyclic) bond motifs is 1. The van der Waals surface area contributed by atoms with E-state index in [4.69, 9.17) is 4.42 Å². The molecule has 0 spiro atoms. The SMILES string of the molecule is Cc1ccc([C@H](Nc2c(Nc3c(F)ccc4c3C(=O)N(c3ccccc3C(=O)O)C4)c(=O)c2=O)C(C)(C)C)o1. The van der Waals surface area contributed by atoms with Gasteiger partial charge in [0.25, 0.3) is 16.8 Å². The molecule has 0 saturated carbocycles. The molecule has 9 nitrogen and oxygen atoms in total. The molecule has 39 heavy (non-hydrogen) atoms. The molecule has 1 amide bonds. The van der Waals surface area contributed by atoms with E-state index in [9.17, 15) is 24.3 Å². The molecule has 10 heteroatoms. The minimum absolute atomic E-state index is 0.00833. The van der Waals surface area contributed by atoms with Gasteiger partial charge < -0.3 is 25.1 Å². The number of anilines is 4. The van der Waals surface area contributed by atoms with Crippen molar-refractivity contribution < 1.29 is 23.5 Å². The van der Waals surface area contributed by atoms with Crippen LogP contribution in [0.25, 0.3) is 0 Å². The van der Waals surface area contributed by atoms with E-state index in [1.165, 1.54) is 23.1 Å². The zero-order chi connectivity index (χ0) is 28.2. The highest BCUT2D eigenvalue weighted by Gasteiger charge is 2.37. The van der Waals surface area contributed by atoms with Crippen LogP contribution >= 0.6 is 0 Å². The topological polar surface area (TPSA) is 129 Å². The number of hydrogen-bond acceptors (Lipinski definition) is 7. The van der Waals surface area contributed by atoms with Crippen molar-refractivity contribution in [1.29, 1.82) is 0 Å². The summed E-state index contributed by atoms with van der Waals surface area (Å²) in [4.78, 5) is 51.7. The molecule has 0 aliphatic carbocycles. The average molecular weight is 532 g/mol. The van der Waals surface area contributed by atoms with E-state index in [0.717, 1.165) is 6.07 Å². The van der Waals surface area contributed by atoms with Crippen LogP contribution in [-0.2, 0) is 6.54 Å². The Hall–Kier alpha value is -4.73. The maximum absolute atomic E-state index is 15.2. The van der Waals surface area contributed by atoms with Gasteiger partial charge in [-0.05, 0) is 48.2 Å². The van der Waals surface area contributed by atoms with Crippen LogP contribution in [-0.4, -0.2) is 17.0 Å². The van der Waals surface area contributed by atoms with Crippen LogP contribution in [0.4, 0.5) is 27.1 Å². The molecule has 5 rings (SSSR count). The summed E-state index contributed by atoms with van der Waals surface area (Å²) in [5.41, 5.74) is -2.04. The molecule has 1 aliphatic heterocycles. The van der Waals surface area contributed by atoms with Crippen LogP contribution in [0.15, 0.2) is 62.5 Å². The number of carbonyl (C=O) groups is 2. The van der Waals surface area contributed by atoms with Crippen molar-refractivity contribution in [2.45, 2.75) is 40.3 Å². The van der Waals surface area contributed by atoms with E-state index in [2.05, 4.69) is 10.6 Å². The summed E-state index contributed by atoms with van der Waals surface area (Å²) >= 11 is 0. The van der Waals surface area contributed by atoms with Gasteiger partial charge in [0.1, 0.15) is 28.7 Å². The lowest BCUT2D eigenvalue weighted by Gasteiger charge is -2.31.